The molecule has 1 atom stereocenters. The van der Waals surface area contributed by atoms with Crippen molar-refractivity contribution in [3.05, 3.63) is 34.8 Å². The highest BCUT2D eigenvalue weighted by Crippen LogP contribution is 2.20. The van der Waals surface area contributed by atoms with E-state index in [1.165, 1.54) is 11.3 Å². The number of aryl methyl sites for hydroxylation is 2. The number of rotatable bonds is 6. The molecule has 0 unspecified atom stereocenters. The van der Waals surface area contributed by atoms with Gasteiger partial charge in [-0.2, -0.15) is 0 Å². The number of aromatic nitrogens is 2. The molecule has 0 bridgehead atoms. The maximum atomic E-state index is 12.3. The molecule has 1 aromatic carbocycles. The second kappa shape index (κ2) is 7.59. The van der Waals surface area contributed by atoms with E-state index >= 15 is 0 Å². The van der Waals surface area contributed by atoms with Crippen LogP contribution in [0.15, 0.2) is 29.2 Å². The molecule has 0 radical (unpaired) electrons. The fraction of sp³-hybridized carbons (Fsp3) is 0.438. The number of benzene rings is 1. The molecule has 1 N–H and O–H groups in total. The SMILES string of the molecule is Cc1ccc(S(=O)(=O)CCc2nnc(NC(=O)[C@H]3CCCO3)s2)cc1. The van der Waals surface area contributed by atoms with Crippen LogP contribution in [0.25, 0.3) is 0 Å². The zero-order chi connectivity index (χ0) is 17.9. The highest BCUT2D eigenvalue weighted by molar-refractivity contribution is 7.91. The maximum absolute atomic E-state index is 12.3. The summed E-state index contributed by atoms with van der Waals surface area (Å²) >= 11 is 1.18. The summed E-state index contributed by atoms with van der Waals surface area (Å²) in [5.41, 5.74) is 1.01. The lowest BCUT2D eigenvalue weighted by Gasteiger charge is -2.07. The first kappa shape index (κ1) is 18.0. The zero-order valence-corrected chi connectivity index (χ0v) is 15.4. The van der Waals surface area contributed by atoms with Crippen LogP contribution in [0, 0.1) is 6.92 Å². The topological polar surface area (TPSA) is 98.3 Å². The first-order chi connectivity index (χ1) is 11.9. The lowest BCUT2D eigenvalue weighted by atomic mass is 10.2. The number of nitrogens with one attached hydrogen (secondary N) is 1. The zero-order valence-electron chi connectivity index (χ0n) is 13.8. The van der Waals surface area contributed by atoms with Gasteiger partial charge in [0.2, 0.25) is 5.13 Å². The molecule has 25 heavy (non-hydrogen) atoms. The molecule has 1 saturated heterocycles. The van der Waals surface area contributed by atoms with Crippen LogP contribution in [0.3, 0.4) is 0 Å². The third kappa shape index (κ3) is 4.62. The Morgan fingerprint density at radius 1 is 1.32 bits per heavy atom. The molecule has 3 rings (SSSR count). The minimum absolute atomic E-state index is 0.0512. The molecular formula is C16H19N3O4S2. The van der Waals surface area contributed by atoms with E-state index in [-0.39, 0.29) is 18.1 Å². The Balaban J connectivity index is 1.57. The average Bonchev–Trinajstić information content (AvgIpc) is 3.25. The van der Waals surface area contributed by atoms with Crippen LogP contribution in [0.5, 0.6) is 0 Å². The van der Waals surface area contributed by atoms with Gasteiger partial charge in [0.1, 0.15) is 11.1 Å². The summed E-state index contributed by atoms with van der Waals surface area (Å²) in [6.45, 7) is 2.50. The van der Waals surface area contributed by atoms with E-state index in [2.05, 4.69) is 15.5 Å². The molecule has 9 heteroatoms. The number of anilines is 1. The highest BCUT2D eigenvalue weighted by atomic mass is 32.2. The van der Waals surface area contributed by atoms with Crippen molar-refractivity contribution in [3.8, 4) is 0 Å². The molecule has 2 aromatic rings. The molecule has 0 aliphatic carbocycles. The predicted octanol–water partition coefficient (Wildman–Crippen LogP) is 1.98. The molecule has 0 saturated carbocycles. The van der Waals surface area contributed by atoms with Gasteiger partial charge in [0.25, 0.3) is 5.91 Å². The third-order valence-corrected chi connectivity index (χ3v) is 6.51. The Morgan fingerprint density at radius 3 is 2.76 bits per heavy atom. The van der Waals surface area contributed by atoms with Crippen LogP contribution in [-0.4, -0.2) is 43.0 Å². The van der Waals surface area contributed by atoms with Crippen molar-refractivity contribution in [2.45, 2.75) is 37.2 Å². The quantitative estimate of drug-likeness (QED) is 0.822. The van der Waals surface area contributed by atoms with Crippen molar-refractivity contribution in [1.29, 1.82) is 0 Å². The Kier molecular flexibility index (Phi) is 5.45. The first-order valence-electron chi connectivity index (χ1n) is 7.98. The third-order valence-electron chi connectivity index (χ3n) is 3.88. The van der Waals surface area contributed by atoms with Gasteiger partial charge in [-0.05, 0) is 31.9 Å². The summed E-state index contributed by atoms with van der Waals surface area (Å²) in [6, 6.07) is 6.77. The van der Waals surface area contributed by atoms with Crippen molar-refractivity contribution >= 4 is 32.2 Å². The van der Waals surface area contributed by atoms with Crippen molar-refractivity contribution in [1.82, 2.24) is 10.2 Å². The number of ether oxygens (including phenoxy) is 1. The Hall–Kier alpha value is -1.84. The molecule has 7 nitrogen and oxygen atoms in total. The van der Waals surface area contributed by atoms with Gasteiger partial charge >= 0.3 is 0 Å². The smallest absolute Gasteiger partial charge is 0.255 e. The van der Waals surface area contributed by atoms with Gasteiger partial charge in [-0.1, -0.05) is 29.0 Å². The molecule has 134 valence electrons. The van der Waals surface area contributed by atoms with E-state index in [0.717, 1.165) is 12.0 Å². The highest BCUT2D eigenvalue weighted by Gasteiger charge is 2.24. The number of hydrogen-bond donors (Lipinski definition) is 1. The molecule has 1 fully saturated rings. The molecule has 2 heterocycles. The van der Waals surface area contributed by atoms with Crippen molar-refractivity contribution in [2.24, 2.45) is 0 Å². The number of carbonyl (C=O) groups is 1. The summed E-state index contributed by atoms with van der Waals surface area (Å²) in [5, 5.41) is 11.5. The van der Waals surface area contributed by atoms with E-state index in [1.54, 1.807) is 24.3 Å². The van der Waals surface area contributed by atoms with Crippen LogP contribution in [0.1, 0.15) is 23.4 Å². The molecule has 1 amide bonds. The molecule has 1 aliphatic heterocycles. The monoisotopic (exact) mass is 381 g/mol. The minimum atomic E-state index is -3.37. The molecule has 1 aliphatic rings. The number of amides is 1. The van der Waals surface area contributed by atoms with Gasteiger partial charge in [0.15, 0.2) is 9.84 Å². The minimum Gasteiger partial charge on any atom is -0.368 e. The number of hydrogen-bond acceptors (Lipinski definition) is 7. The largest absolute Gasteiger partial charge is 0.368 e. The number of carbonyl (C=O) groups excluding carboxylic acids is 1. The van der Waals surface area contributed by atoms with Gasteiger partial charge in [0.05, 0.1) is 10.6 Å². The lowest BCUT2D eigenvalue weighted by Crippen LogP contribution is -2.26. The molecular weight excluding hydrogens is 362 g/mol. The fourth-order valence-electron chi connectivity index (χ4n) is 2.46. The normalized spacial score (nSPS) is 17.6. The van der Waals surface area contributed by atoms with E-state index in [9.17, 15) is 13.2 Å². The summed E-state index contributed by atoms with van der Waals surface area (Å²) in [5.74, 6) is -0.280. The average molecular weight is 381 g/mol. The van der Waals surface area contributed by atoms with E-state index < -0.39 is 15.9 Å². The van der Waals surface area contributed by atoms with E-state index in [4.69, 9.17) is 4.74 Å². The summed E-state index contributed by atoms with van der Waals surface area (Å²) in [6.07, 6.45) is 1.39. The molecule has 1 aromatic heterocycles. The van der Waals surface area contributed by atoms with Crippen molar-refractivity contribution in [2.75, 3.05) is 17.7 Å². The number of nitrogens with zero attached hydrogens (tertiary/aromatic N) is 2. The van der Waals surface area contributed by atoms with Gasteiger partial charge < -0.3 is 4.74 Å². The van der Waals surface area contributed by atoms with Crippen LogP contribution >= 0.6 is 11.3 Å². The standard InChI is InChI=1S/C16H19N3O4S2/c1-11-4-6-12(7-5-11)25(21,22)10-8-14-18-19-16(24-14)17-15(20)13-3-2-9-23-13/h4-7,13H,2-3,8-10H2,1H3,(H,17,19,20)/t13-/m1/s1. The Morgan fingerprint density at radius 2 is 2.08 bits per heavy atom. The van der Waals surface area contributed by atoms with Gasteiger partial charge in [-0.3, -0.25) is 10.1 Å². The van der Waals surface area contributed by atoms with E-state index in [1.807, 2.05) is 6.92 Å². The predicted molar refractivity (Wildman–Crippen MR) is 94.4 cm³/mol. The second-order valence-electron chi connectivity index (χ2n) is 5.87. The van der Waals surface area contributed by atoms with Gasteiger partial charge in [-0.25, -0.2) is 8.42 Å². The number of sulfone groups is 1. The van der Waals surface area contributed by atoms with Crippen LogP contribution < -0.4 is 5.32 Å². The van der Waals surface area contributed by atoms with Crippen molar-refractivity contribution < 1.29 is 17.9 Å². The Bertz CT molecular complexity index is 841. The summed E-state index contributed by atoms with van der Waals surface area (Å²) in [4.78, 5) is 12.3. The van der Waals surface area contributed by atoms with Gasteiger partial charge in [0, 0.05) is 13.0 Å². The van der Waals surface area contributed by atoms with E-state index in [0.29, 0.717) is 28.1 Å². The molecule has 0 spiro atoms. The summed E-state index contributed by atoms with van der Waals surface area (Å²) < 4.78 is 30.0. The van der Waals surface area contributed by atoms with Crippen LogP contribution in [0.2, 0.25) is 0 Å². The van der Waals surface area contributed by atoms with Gasteiger partial charge in [-0.15, -0.1) is 10.2 Å². The first-order valence-corrected chi connectivity index (χ1v) is 10.5. The van der Waals surface area contributed by atoms with Crippen LogP contribution in [-0.2, 0) is 25.8 Å². The van der Waals surface area contributed by atoms with Crippen molar-refractivity contribution in [3.63, 3.8) is 0 Å². The lowest BCUT2D eigenvalue weighted by molar-refractivity contribution is -0.124. The Labute approximate surface area is 150 Å². The fourth-order valence-corrected chi connectivity index (χ4v) is 4.58. The maximum Gasteiger partial charge on any atom is 0.255 e. The van der Waals surface area contributed by atoms with Crippen LogP contribution in [0.4, 0.5) is 5.13 Å². The second-order valence-corrected chi connectivity index (χ2v) is 9.05. The summed E-state index contributed by atoms with van der Waals surface area (Å²) in [7, 11) is -3.37.